The summed E-state index contributed by atoms with van der Waals surface area (Å²) in [5, 5.41) is 19.0. The number of alkyl halides is 1. The molecule has 6 aliphatic rings. The van der Waals surface area contributed by atoms with Gasteiger partial charge in [0.15, 0.2) is 6.07 Å². The first-order chi connectivity index (χ1) is 38.6. The Kier molecular flexibility index (Phi) is 21.7. The van der Waals surface area contributed by atoms with Gasteiger partial charge in [-0.25, -0.2) is 37.8 Å². The predicted molar refractivity (Wildman–Crippen MR) is 280 cm³/mol. The number of aliphatic carboxylic acids is 1. The molecule has 6 amide bonds. The monoisotopic (exact) mass is 1280 g/mol. The van der Waals surface area contributed by atoms with Crippen LogP contribution in [-0.4, -0.2) is 178 Å². The fraction of sp³-hybridized carbons (Fsp3) is 0.500. The minimum absolute atomic E-state index is 0. The molecular weight excluding hydrogens is 1220 g/mol. The molecule has 4 fully saturated rings. The van der Waals surface area contributed by atoms with Crippen LogP contribution in [0.25, 0.3) is 0 Å². The summed E-state index contributed by atoms with van der Waals surface area (Å²) in [6.07, 6.45) is 2.00. The number of anilines is 4. The van der Waals surface area contributed by atoms with Crippen molar-refractivity contribution < 1.29 is 145 Å². The van der Waals surface area contributed by atoms with Crippen LogP contribution in [0.3, 0.4) is 0 Å². The smallest absolute Gasteiger partial charge is 0.548 e. The van der Waals surface area contributed by atoms with Crippen molar-refractivity contribution in [2.24, 2.45) is 14.1 Å². The van der Waals surface area contributed by atoms with Crippen LogP contribution >= 0.6 is 11.6 Å². The number of carbonyl (C=O) groups is 8. The van der Waals surface area contributed by atoms with E-state index in [0.29, 0.717) is 49.7 Å². The molecule has 2 unspecified atom stereocenters. The quantitative estimate of drug-likeness (QED) is 0.0759. The summed E-state index contributed by atoms with van der Waals surface area (Å²) >= 11 is 5.37. The SMILES string of the molecule is CC(=O)N(C[C@H]1CN(c2ccc(N3Cc4cn(C)nc4C3)c(F)c2)C(=O)O1)C(=O)OCCl.CC(=O)N(C[C@H]1CN(c2ccc(N3Cc4cn(C)nc4C3)c(F)c2)C(=O)O1)C(=O)OCOC(=O)C1CCCN1C.CN1CCCC1C(=O)[O-].[Cs+]. The number of rotatable bonds is 13. The Morgan fingerprint density at radius 3 is 1.48 bits per heavy atom. The van der Waals surface area contributed by atoms with E-state index in [-0.39, 0.29) is 107 Å². The minimum Gasteiger partial charge on any atom is -0.548 e. The molecule has 4 atom stereocenters. The molecule has 0 N–H and O–H groups in total. The molecular formula is C52H62ClCsF2N12O14. The van der Waals surface area contributed by atoms with Gasteiger partial charge in [-0.2, -0.15) is 10.2 Å². The molecule has 4 aromatic rings. The third-order valence-electron chi connectivity index (χ3n) is 14.4. The van der Waals surface area contributed by atoms with Crippen LogP contribution in [-0.2, 0) is 83.1 Å². The van der Waals surface area contributed by atoms with E-state index in [9.17, 15) is 47.9 Å². The van der Waals surface area contributed by atoms with Crippen molar-refractivity contribution in [3.05, 3.63) is 82.9 Å². The van der Waals surface area contributed by atoms with Gasteiger partial charge in [0.25, 0.3) is 0 Å². The van der Waals surface area contributed by atoms with Crippen LogP contribution in [0.15, 0.2) is 48.8 Å². The molecule has 0 bridgehead atoms. The summed E-state index contributed by atoms with van der Waals surface area (Å²) in [5.41, 5.74) is 5.27. The van der Waals surface area contributed by atoms with Gasteiger partial charge in [0.1, 0.15) is 29.9 Å². The summed E-state index contributed by atoms with van der Waals surface area (Å²) in [5.74, 6) is -3.65. The number of esters is 1. The number of likely N-dealkylation sites (N-methyl/N-ethyl adjacent to an activating group) is 2. The van der Waals surface area contributed by atoms with Crippen molar-refractivity contribution in [3.8, 4) is 0 Å². The number of likely N-dealkylation sites (tertiary alicyclic amines) is 2. The van der Waals surface area contributed by atoms with Crippen molar-refractivity contribution in [3.63, 3.8) is 0 Å². The Balaban J connectivity index is 0.000000206. The van der Waals surface area contributed by atoms with E-state index in [1.807, 2.05) is 60.2 Å². The Hall–Kier alpha value is -6.06. The maximum absolute atomic E-state index is 15.1. The molecule has 4 saturated heterocycles. The molecule has 26 nitrogen and oxygen atoms in total. The Morgan fingerprint density at radius 1 is 0.671 bits per heavy atom. The van der Waals surface area contributed by atoms with Crippen molar-refractivity contribution >= 4 is 82.5 Å². The van der Waals surface area contributed by atoms with Gasteiger partial charge in [0.2, 0.25) is 18.6 Å². The number of hydrogen-bond acceptors (Lipinski definition) is 20. The minimum atomic E-state index is -1.04. The topological polar surface area (TPSA) is 267 Å². The van der Waals surface area contributed by atoms with Gasteiger partial charge in [-0.05, 0) is 89.3 Å². The molecule has 6 aliphatic heterocycles. The molecule has 10 rings (SSSR count). The van der Waals surface area contributed by atoms with Crippen molar-refractivity contribution in [1.29, 1.82) is 0 Å². The summed E-state index contributed by atoms with van der Waals surface area (Å²) in [6.45, 7) is 4.96. The van der Waals surface area contributed by atoms with Gasteiger partial charge in [-0.1, -0.05) is 11.6 Å². The molecule has 2 aromatic heterocycles. The second-order valence-corrected chi connectivity index (χ2v) is 20.4. The van der Waals surface area contributed by atoms with Crippen LogP contribution in [0.2, 0.25) is 0 Å². The van der Waals surface area contributed by atoms with Crippen LogP contribution in [0, 0.1) is 11.6 Å². The van der Waals surface area contributed by atoms with Gasteiger partial charge in [0.05, 0.1) is 79.4 Å². The third-order valence-corrected chi connectivity index (χ3v) is 14.5. The number of amides is 6. The molecule has 0 saturated carbocycles. The zero-order valence-electron chi connectivity index (χ0n) is 46.5. The number of halogens is 3. The molecule has 8 heterocycles. The number of hydrogen-bond donors (Lipinski definition) is 0. The predicted octanol–water partition coefficient (Wildman–Crippen LogP) is 0.405. The number of carbonyl (C=O) groups excluding carboxylic acids is 8. The third kappa shape index (κ3) is 15.2. The summed E-state index contributed by atoms with van der Waals surface area (Å²) in [7, 11) is 7.30. The van der Waals surface area contributed by atoms with E-state index in [1.165, 1.54) is 28.9 Å². The number of fused-ring (bicyclic) bond motifs is 2. The van der Waals surface area contributed by atoms with Crippen LogP contribution < -0.4 is 93.6 Å². The molecule has 0 aliphatic carbocycles. The van der Waals surface area contributed by atoms with Crippen LogP contribution in [0.5, 0.6) is 0 Å². The largest absolute Gasteiger partial charge is 1.00 e. The molecule has 0 spiro atoms. The van der Waals surface area contributed by atoms with E-state index in [1.54, 1.807) is 33.6 Å². The first-order valence-corrected chi connectivity index (χ1v) is 26.4. The summed E-state index contributed by atoms with van der Waals surface area (Å²) < 4.78 is 58.7. The fourth-order valence-corrected chi connectivity index (χ4v) is 10.4. The maximum Gasteiger partial charge on any atom is 1.00 e. The van der Waals surface area contributed by atoms with E-state index in [0.717, 1.165) is 71.6 Å². The number of cyclic esters (lactones) is 2. The normalized spacial score (nSPS) is 19.9. The Morgan fingerprint density at radius 2 is 1.11 bits per heavy atom. The molecule has 2 aromatic carbocycles. The zero-order valence-corrected chi connectivity index (χ0v) is 53.5. The number of imide groups is 2. The van der Waals surface area contributed by atoms with E-state index in [4.69, 9.17) is 30.5 Å². The van der Waals surface area contributed by atoms with E-state index >= 15 is 4.39 Å². The standard InChI is InChI=1S/C26H31FN6O7.C20H21ClFN5O5.C6H11NO2.Cs/c1-16(34)32(25(36)39-15-38-24(35)23-5-4-8-29(23)2)12-19-13-33(26(37)40-19)18-6-7-22(20(27)9-18)31-11-17-10-30(3)28-21(17)14-31;1-12(28)26(19(29)31-11-21)8-15-9-27(20(30)32-15)14-3-4-18(16(22)5-14)25-7-13-6-24(2)23-17(13)10-25;1-7-4-2-3-5(7)6(8)9;/h6-7,9-10,19,23H,4-5,8,11-15H2,1-3H3;3-6,15H,7-11H2,1-2H3;5H,2-4H2,1H3,(H,8,9);/q;;;+1/p-1/t19-,23?;15-;;/m00../s1. The fourth-order valence-electron chi connectivity index (χ4n) is 10.3. The number of carboxylic acids is 1. The summed E-state index contributed by atoms with van der Waals surface area (Å²) in [4.78, 5) is 107. The summed E-state index contributed by atoms with van der Waals surface area (Å²) in [6, 6.07) is 7.83. The van der Waals surface area contributed by atoms with Crippen molar-refractivity contribution in [2.45, 2.75) is 90.0 Å². The average molecular weight is 1290 g/mol. The first kappa shape index (κ1) is 63.5. The molecule has 30 heteroatoms. The number of nitrogens with zero attached hydrogens (tertiary/aromatic N) is 12. The van der Waals surface area contributed by atoms with Crippen molar-refractivity contribution in [2.75, 3.05) is 85.8 Å². The van der Waals surface area contributed by atoms with Gasteiger partial charge in [-0.15, -0.1) is 0 Å². The maximum atomic E-state index is 15.1. The second-order valence-electron chi connectivity index (χ2n) is 20.1. The van der Waals surface area contributed by atoms with E-state index in [2.05, 4.69) is 14.9 Å². The first-order valence-electron chi connectivity index (χ1n) is 25.9. The Bertz CT molecular complexity index is 3020. The molecule has 436 valence electrons. The van der Waals surface area contributed by atoms with E-state index < -0.39 is 90.9 Å². The zero-order chi connectivity index (χ0) is 58.4. The van der Waals surface area contributed by atoms with Gasteiger partial charge < -0.3 is 43.4 Å². The average Bonchev–Trinajstić information content (AvgIpc) is 4.42. The van der Waals surface area contributed by atoms with Crippen LogP contribution in [0.4, 0.5) is 50.7 Å². The molecule has 82 heavy (non-hydrogen) atoms. The van der Waals surface area contributed by atoms with Gasteiger partial charge in [0, 0.05) is 70.6 Å². The van der Waals surface area contributed by atoms with Gasteiger partial charge in [-0.3, -0.25) is 43.3 Å². The second kappa shape index (κ2) is 28.0. The number of carboxylic acid groups (broad SMARTS) is 1. The number of aromatic nitrogens is 4. The Labute approximate surface area is 534 Å². The van der Waals surface area contributed by atoms with Crippen LogP contribution in [0.1, 0.15) is 62.0 Å². The number of benzene rings is 2. The molecule has 0 radical (unpaired) electrons. The van der Waals surface area contributed by atoms with Gasteiger partial charge >= 0.3 is 99.2 Å². The van der Waals surface area contributed by atoms with Crippen molar-refractivity contribution in [1.82, 2.24) is 39.2 Å². The number of aryl methyl sites for hydroxylation is 2. The number of ether oxygens (including phenoxy) is 5.